The Morgan fingerprint density at radius 3 is 2.78 bits per heavy atom. The summed E-state index contributed by atoms with van der Waals surface area (Å²) in [4.78, 5) is 0. The number of sulfone groups is 1. The van der Waals surface area contributed by atoms with Gasteiger partial charge in [-0.1, -0.05) is 6.92 Å². The highest BCUT2D eigenvalue weighted by atomic mass is 32.2. The van der Waals surface area contributed by atoms with Crippen molar-refractivity contribution in [2.24, 2.45) is 5.92 Å². The summed E-state index contributed by atoms with van der Waals surface area (Å²) in [6.45, 7) is 5.01. The van der Waals surface area contributed by atoms with Crippen LogP contribution in [0.1, 0.15) is 46.0 Å². The van der Waals surface area contributed by atoms with Gasteiger partial charge >= 0.3 is 0 Å². The topological polar surface area (TPSA) is 46.2 Å². The van der Waals surface area contributed by atoms with E-state index < -0.39 is 9.84 Å². The zero-order valence-corrected chi connectivity index (χ0v) is 12.4. The minimum atomic E-state index is -2.74. The van der Waals surface area contributed by atoms with Crippen molar-refractivity contribution in [1.29, 1.82) is 0 Å². The van der Waals surface area contributed by atoms with E-state index >= 15 is 0 Å². The molecule has 0 aliphatic carbocycles. The Kier molecular flexibility index (Phi) is 6.73. The Morgan fingerprint density at radius 2 is 2.22 bits per heavy atom. The first kappa shape index (κ1) is 15.5. The average Bonchev–Trinajstić information content (AvgIpc) is 2.65. The predicted octanol–water partition coefficient (Wildman–Crippen LogP) is 1.98. The molecule has 0 saturated carbocycles. The molecule has 4 heteroatoms. The van der Waals surface area contributed by atoms with Crippen molar-refractivity contribution in [2.75, 3.05) is 18.1 Å². The van der Waals surface area contributed by atoms with Crippen molar-refractivity contribution in [3.05, 3.63) is 0 Å². The molecule has 0 spiro atoms. The lowest BCUT2D eigenvalue weighted by molar-refractivity contribution is 0.390. The number of hydrogen-bond acceptors (Lipinski definition) is 3. The second-order valence-corrected chi connectivity index (χ2v) is 7.35. The van der Waals surface area contributed by atoms with Gasteiger partial charge in [-0.05, 0) is 45.1 Å². The molecule has 2 unspecified atom stereocenters. The zero-order chi connectivity index (χ0) is 13.4. The lowest BCUT2D eigenvalue weighted by Crippen LogP contribution is -2.32. The quantitative estimate of drug-likeness (QED) is 0.720. The van der Waals surface area contributed by atoms with E-state index in [1.54, 1.807) is 0 Å². The summed E-state index contributed by atoms with van der Waals surface area (Å²) in [5.41, 5.74) is 0. The van der Waals surface area contributed by atoms with Gasteiger partial charge in [-0.3, -0.25) is 0 Å². The second-order valence-electron chi connectivity index (χ2n) is 5.12. The average molecular weight is 271 g/mol. The van der Waals surface area contributed by atoms with Crippen LogP contribution < -0.4 is 5.32 Å². The summed E-state index contributed by atoms with van der Waals surface area (Å²) in [5, 5.41) is 3.52. The molecule has 18 heavy (non-hydrogen) atoms. The highest BCUT2D eigenvalue weighted by Crippen LogP contribution is 2.24. The van der Waals surface area contributed by atoms with Crippen LogP contribution in [0.3, 0.4) is 0 Å². The third kappa shape index (κ3) is 5.88. The first-order chi connectivity index (χ1) is 8.57. The fourth-order valence-corrected chi connectivity index (χ4v) is 4.36. The maximum Gasteiger partial charge on any atom is 0.150 e. The molecule has 1 saturated heterocycles. The molecular weight excluding hydrogens is 246 g/mol. The molecule has 3 nitrogen and oxygen atoms in total. The van der Waals surface area contributed by atoms with E-state index in [2.05, 4.69) is 24.1 Å². The maximum absolute atomic E-state index is 11.5. The fraction of sp³-hybridized carbons (Fsp3) is 0.857. The summed E-state index contributed by atoms with van der Waals surface area (Å²) >= 11 is 0. The van der Waals surface area contributed by atoms with Gasteiger partial charge in [0.2, 0.25) is 0 Å². The van der Waals surface area contributed by atoms with Crippen LogP contribution in [0.5, 0.6) is 0 Å². The molecule has 1 aliphatic rings. The van der Waals surface area contributed by atoms with Crippen LogP contribution in [0, 0.1) is 17.8 Å². The first-order valence-corrected chi connectivity index (χ1v) is 8.73. The van der Waals surface area contributed by atoms with Crippen LogP contribution in [-0.4, -0.2) is 32.5 Å². The molecular formula is C14H25NO2S. The smallest absolute Gasteiger partial charge is 0.150 e. The Balaban J connectivity index is 2.41. The lowest BCUT2D eigenvalue weighted by atomic mass is 9.96. The van der Waals surface area contributed by atoms with Crippen molar-refractivity contribution in [2.45, 2.75) is 52.0 Å². The van der Waals surface area contributed by atoms with E-state index in [1.807, 2.05) is 6.92 Å². The molecule has 0 aromatic carbocycles. The Morgan fingerprint density at radius 1 is 1.44 bits per heavy atom. The van der Waals surface area contributed by atoms with Crippen LogP contribution in [-0.2, 0) is 9.84 Å². The van der Waals surface area contributed by atoms with Crippen LogP contribution in [0.4, 0.5) is 0 Å². The monoisotopic (exact) mass is 271 g/mol. The van der Waals surface area contributed by atoms with Gasteiger partial charge in [0.25, 0.3) is 0 Å². The summed E-state index contributed by atoms with van der Waals surface area (Å²) in [5.74, 6) is 7.11. The summed E-state index contributed by atoms with van der Waals surface area (Å²) < 4.78 is 22.9. The van der Waals surface area contributed by atoms with E-state index in [1.165, 1.54) is 0 Å². The molecule has 0 amide bonds. The Hall–Kier alpha value is -0.530. The van der Waals surface area contributed by atoms with E-state index in [4.69, 9.17) is 0 Å². The summed E-state index contributed by atoms with van der Waals surface area (Å²) in [6.07, 6.45) is 4.85. The predicted molar refractivity (Wildman–Crippen MR) is 76.1 cm³/mol. The van der Waals surface area contributed by atoms with E-state index in [0.717, 1.165) is 38.6 Å². The van der Waals surface area contributed by atoms with Crippen molar-refractivity contribution in [3.8, 4) is 11.8 Å². The van der Waals surface area contributed by atoms with E-state index in [0.29, 0.717) is 23.5 Å². The molecule has 1 fully saturated rings. The number of hydrogen-bond donors (Lipinski definition) is 1. The van der Waals surface area contributed by atoms with Crippen molar-refractivity contribution in [3.63, 3.8) is 0 Å². The normalized spacial score (nSPS) is 23.3. The van der Waals surface area contributed by atoms with Gasteiger partial charge in [-0.25, -0.2) is 8.42 Å². The molecule has 1 rings (SSSR count). The van der Waals surface area contributed by atoms with E-state index in [9.17, 15) is 8.42 Å². The van der Waals surface area contributed by atoms with Gasteiger partial charge in [0.1, 0.15) is 0 Å². The van der Waals surface area contributed by atoms with Crippen molar-refractivity contribution >= 4 is 9.84 Å². The van der Waals surface area contributed by atoms with Crippen LogP contribution in [0.15, 0.2) is 0 Å². The summed E-state index contributed by atoms with van der Waals surface area (Å²) in [6, 6.07) is 0.420. The number of nitrogens with one attached hydrogen (secondary N) is 1. The molecule has 0 aromatic rings. The van der Waals surface area contributed by atoms with Crippen LogP contribution in [0.2, 0.25) is 0 Å². The Bertz CT molecular complexity index is 392. The molecule has 1 heterocycles. The standard InChI is InChI=1S/C14H25NO2S/c1-3-5-6-7-14(15-9-4-2)11-13-8-10-18(16,17)12-13/h13-15H,4,6-12H2,1-2H3. The molecule has 104 valence electrons. The minimum Gasteiger partial charge on any atom is -0.314 e. The molecule has 1 aliphatic heterocycles. The van der Waals surface area contributed by atoms with Gasteiger partial charge in [0, 0.05) is 12.5 Å². The third-order valence-electron chi connectivity index (χ3n) is 3.42. The third-order valence-corrected chi connectivity index (χ3v) is 5.26. The SMILES string of the molecule is CC#CCCC(CC1CCS(=O)(=O)C1)NCCC. The lowest BCUT2D eigenvalue weighted by Gasteiger charge is -2.20. The molecule has 0 aromatic heterocycles. The maximum atomic E-state index is 11.5. The highest BCUT2D eigenvalue weighted by molar-refractivity contribution is 7.91. The largest absolute Gasteiger partial charge is 0.314 e. The van der Waals surface area contributed by atoms with Gasteiger partial charge in [0.15, 0.2) is 9.84 Å². The van der Waals surface area contributed by atoms with Gasteiger partial charge in [-0.15, -0.1) is 11.8 Å². The first-order valence-electron chi connectivity index (χ1n) is 6.90. The fourth-order valence-electron chi connectivity index (χ4n) is 2.48. The molecule has 0 radical (unpaired) electrons. The zero-order valence-electron chi connectivity index (χ0n) is 11.5. The van der Waals surface area contributed by atoms with Crippen molar-refractivity contribution < 1.29 is 8.42 Å². The van der Waals surface area contributed by atoms with Crippen LogP contribution >= 0.6 is 0 Å². The highest BCUT2D eigenvalue weighted by Gasteiger charge is 2.29. The summed E-state index contributed by atoms with van der Waals surface area (Å²) in [7, 11) is -2.74. The second kappa shape index (κ2) is 7.81. The van der Waals surface area contributed by atoms with Gasteiger partial charge in [-0.2, -0.15) is 0 Å². The molecule has 1 N–H and O–H groups in total. The minimum absolute atomic E-state index is 0.346. The van der Waals surface area contributed by atoms with Gasteiger partial charge in [0.05, 0.1) is 11.5 Å². The van der Waals surface area contributed by atoms with Gasteiger partial charge < -0.3 is 5.32 Å². The number of rotatable bonds is 7. The van der Waals surface area contributed by atoms with Crippen molar-refractivity contribution in [1.82, 2.24) is 5.32 Å². The van der Waals surface area contributed by atoms with Crippen LogP contribution in [0.25, 0.3) is 0 Å². The molecule has 2 atom stereocenters. The molecule has 0 bridgehead atoms. The Labute approximate surface area is 112 Å². The van der Waals surface area contributed by atoms with E-state index in [-0.39, 0.29) is 0 Å².